The minimum absolute atomic E-state index is 0.437. The molecule has 17 heavy (non-hydrogen) atoms. The van der Waals surface area contributed by atoms with Crippen molar-refractivity contribution in [1.82, 2.24) is 0 Å². The lowest BCUT2D eigenvalue weighted by atomic mass is 10.0. The van der Waals surface area contributed by atoms with Crippen molar-refractivity contribution < 1.29 is 17.9 Å². The molecule has 0 unspecified atom stereocenters. The first-order valence-electron chi connectivity index (χ1n) is 5.42. The highest BCUT2D eigenvalue weighted by Crippen LogP contribution is 2.33. The van der Waals surface area contributed by atoms with Gasteiger partial charge in [0.2, 0.25) is 0 Å². The van der Waals surface area contributed by atoms with Crippen molar-refractivity contribution in [3.8, 4) is 5.75 Å². The number of aryl methyl sites for hydroxylation is 1. The van der Waals surface area contributed by atoms with Crippen LogP contribution in [0.5, 0.6) is 5.75 Å². The van der Waals surface area contributed by atoms with Gasteiger partial charge in [0.1, 0.15) is 5.75 Å². The third-order valence-electron chi connectivity index (χ3n) is 2.31. The smallest absolute Gasteiger partial charge is 0.416 e. The second kappa shape index (κ2) is 5.75. The molecule has 4 heteroatoms. The van der Waals surface area contributed by atoms with Crippen LogP contribution in [0.1, 0.15) is 24.5 Å². The third kappa shape index (κ3) is 3.80. The SMILES string of the molecule is C=CCCc1cc(C(F)(F)F)ccc1OCC. The zero-order valence-electron chi connectivity index (χ0n) is 9.68. The summed E-state index contributed by atoms with van der Waals surface area (Å²) in [6.45, 7) is 5.80. The van der Waals surface area contributed by atoms with Crippen LogP contribution in [0.15, 0.2) is 30.9 Å². The van der Waals surface area contributed by atoms with Crippen molar-refractivity contribution in [2.75, 3.05) is 6.61 Å². The Morgan fingerprint density at radius 1 is 1.35 bits per heavy atom. The number of halogens is 3. The average molecular weight is 244 g/mol. The van der Waals surface area contributed by atoms with Crippen LogP contribution in [0.4, 0.5) is 13.2 Å². The number of alkyl halides is 3. The summed E-state index contributed by atoms with van der Waals surface area (Å²) in [6.07, 6.45) is -1.51. The maximum atomic E-state index is 12.5. The molecule has 0 radical (unpaired) electrons. The molecule has 1 rings (SSSR count). The first kappa shape index (κ1) is 13.6. The molecule has 0 saturated carbocycles. The van der Waals surface area contributed by atoms with Crippen molar-refractivity contribution in [3.05, 3.63) is 42.0 Å². The van der Waals surface area contributed by atoms with Crippen LogP contribution < -0.4 is 4.74 Å². The standard InChI is InChI=1S/C13H15F3O/c1-3-5-6-10-9-11(13(14,15)16)7-8-12(10)17-4-2/h3,7-9H,1,4-6H2,2H3. The van der Waals surface area contributed by atoms with E-state index in [1.54, 1.807) is 13.0 Å². The molecule has 0 heterocycles. The van der Waals surface area contributed by atoms with Crippen molar-refractivity contribution in [3.63, 3.8) is 0 Å². The Morgan fingerprint density at radius 2 is 2.06 bits per heavy atom. The summed E-state index contributed by atoms with van der Waals surface area (Å²) < 4.78 is 42.9. The molecule has 0 aliphatic carbocycles. The Kier molecular flexibility index (Phi) is 4.61. The van der Waals surface area contributed by atoms with Crippen LogP contribution in [0, 0.1) is 0 Å². The summed E-state index contributed by atoms with van der Waals surface area (Å²) >= 11 is 0. The van der Waals surface area contributed by atoms with Gasteiger partial charge in [-0.3, -0.25) is 0 Å². The fourth-order valence-corrected chi connectivity index (χ4v) is 1.51. The van der Waals surface area contributed by atoms with Crippen LogP contribution >= 0.6 is 0 Å². The van der Waals surface area contributed by atoms with E-state index >= 15 is 0 Å². The summed E-state index contributed by atoms with van der Waals surface area (Å²) in [4.78, 5) is 0. The molecule has 0 atom stereocenters. The third-order valence-corrected chi connectivity index (χ3v) is 2.31. The summed E-state index contributed by atoms with van der Waals surface area (Å²) in [5, 5.41) is 0. The quantitative estimate of drug-likeness (QED) is 0.704. The first-order valence-corrected chi connectivity index (χ1v) is 5.42. The molecule has 94 valence electrons. The van der Waals surface area contributed by atoms with Crippen LogP contribution in [0.25, 0.3) is 0 Å². The van der Waals surface area contributed by atoms with Crippen LogP contribution in [-0.4, -0.2) is 6.61 Å². The Morgan fingerprint density at radius 3 is 2.59 bits per heavy atom. The normalized spacial score (nSPS) is 11.3. The van der Waals surface area contributed by atoms with Crippen molar-refractivity contribution in [1.29, 1.82) is 0 Å². The van der Waals surface area contributed by atoms with Crippen LogP contribution in [0.3, 0.4) is 0 Å². The zero-order chi connectivity index (χ0) is 12.9. The predicted octanol–water partition coefficient (Wildman–Crippen LogP) is 4.22. The van der Waals surface area contributed by atoms with Gasteiger partial charge in [0.05, 0.1) is 12.2 Å². The van der Waals surface area contributed by atoms with Gasteiger partial charge in [-0.1, -0.05) is 6.08 Å². The van der Waals surface area contributed by atoms with E-state index in [1.165, 1.54) is 6.07 Å². The Balaban J connectivity index is 3.04. The first-order chi connectivity index (χ1) is 7.99. The lowest BCUT2D eigenvalue weighted by Gasteiger charge is -2.13. The van der Waals surface area contributed by atoms with E-state index in [4.69, 9.17) is 4.74 Å². The number of hydrogen-bond acceptors (Lipinski definition) is 1. The molecule has 0 bridgehead atoms. The maximum absolute atomic E-state index is 12.5. The van der Waals surface area contributed by atoms with E-state index < -0.39 is 11.7 Å². The average Bonchev–Trinajstić information content (AvgIpc) is 2.26. The van der Waals surface area contributed by atoms with E-state index in [0.717, 1.165) is 12.1 Å². The largest absolute Gasteiger partial charge is 0.494 e. The Labute approximate surface area is 98.9 Å². The number of rotatable bonds is 5. The fraction of sp³-hybridized carbons (Fsp3) is 0.385. The molecule has 0 saturated heterocycles. The van der Waals surface area contributed by atoms with Gasteiger partial charge < -0.3 is 4.74 Å². The van der Waals surface area contributed by atoms with Crippen molar-refractivity contribution >= 4 is 0 Å². The van der Waals surface area contributed by atoms with E-state index in [9.17, 15) is 13.2 Å². The van der Waals surface area contributed by atoms with Gasteiger partial charge in [0, 0.05) is 0 Å². The van der Waals surface area contributed by atoms with Gasteiger partial charge in [0.15, 0.2) is 0 Å². The molecule has 0 spiro atoms. The Bertz CT molecular complexity index is 383. The highest BCUT2D eigenvalue weighted by molar-refractivity contribution is 5.38. The molecular formula is C13H15F3O. The van der Waals surface area contributed by atoms with Crippen molar-refractivity contribution in [2.45, 2.75) is 25.9 Å². The van der Waals surface area contributed by atoms with E-state index in [2.05, 4.69) is 6.58 Å². The molecule has 0 amide bonds. The lowest BCUT2D eigenvalue weighted by molar-refractivity contribution is -0.137. The van der Waals surface area contributed by atoms with E-state index in [-0.39, 0.29) is 0 Å². The molecule has 0 aromatic heterocycles. The molecule has 1 aromatic carbocycles. The predicted molar refractivity (Wildman–Crippen MR) is 61.1 cm³/mol. The molecule has 0 aliphatic heterocycles. The highest BCUT2D eigenvalue weighted by atomic mass is 19.4. The molecule has 0 N–H and O–H groups in total. The number of benzene rings is 1. The maximum Gasteiger partial charge on any atom is 0.416 e. The second-order valence-corrected chi connectivity index (χ2v) is 3.58. The molecule has 0 aliphatic rings. The number of hydrogen-bond donors (Lipinski definition) is 0. The minimum atomic E-state index is -4.31. The summed E-state index contributed by atoms with van der Waals surface area (Å²) in [7, 11) is 0. The molecular weight excluding hydrogens is 229 g/mol. The summed E-state index contributed by atoms with van der Waals surface area (Å²) in [5.74, 6) is 0.516. The summed E-state index contributed by atoms with van der Waals surface area (Å²) in [6, 6.07) is 3.57. The number of ether oxygens (including phenoxy) is 1. The van der Waals surface area contributed by atoms with Crippen LogP contribution in [-0.2, 0) is 12.6 Å². The summed E-state index contributed by atoms with van der Waals surface area (Å²) in [5.41, 5.74) is -0.0680. The monoisotopic (exact) mass is 244 g/mol. The minimum Gasteiger partial charge on any atom is -0.494 e. The van der Waals surface area contributed by atoms with E-state index in [1.807, 2.05) is 0 Å². The van der Waals surface area contributed by atoms with Gasteiger partial charge in [-0.25, -0.2) is 0 Å². The molecule has 1 aromatic rings. The second-order valence-electron chi connectivity index (χ2n) is 3.58. The molecule has 0 fully saturated rings. The van der Waals surface area contributed by atoms with Crippen molar-refractivity contribution in [2.24, 2.45) is 0 Å². The van der Waals surface area contributed by atoms with Gasteiger partial charge >= 0.3 is 6.18 Å². The fourth-order valence-electron chi connectivity index (χ4n) is 1.51. The van der Waals surface area contributed by atoms with Gasteiger partial charge in [0.25, 0.3) is 0 Å². The molecule has 1 nitrogen and oxygen atoms in total. The van der Waals surface area contributed by atoms with Gasteiger partial charge in [-0.15, -0.1) is 6.58 Å². The van der Waals surface area contributed by atoms with Gasteiger partial charge in [-0.05, 0) is 43.5 Å². The zero-order valence-corrected chi connectivity index (χ0v) is 9.68. The van der Waals surface area contributed by atoms with Crippen LogP contribution in [0.2, 0.25) is 0 Å². The highest BCUT2D eigenvalue weighted by Gasteiger charge is 2.31. The van der Waals surface area contributed by atoms with Gasteiger partial charge in [-0.2, -0.15) is 13.2 Å². The topological polar surface area (TPSA) is 9.23 Å². The Hall–Kier alpha value is -1.45. The lowest BCUT2D eigenvalue weighted by Crippen LogP contribution is -2.06. The van der Waals surface area contributed by atoms with E-state index in [0.29, 0.717) is 30.8 Å². The number of allylic oxidation sites excluding steroid dienone is 1.